The van der Waals surface area contributed by atoms with Gasteiger partial charge in [0.1, 0.15) is 11.0 Å². The van der Waals surface area contributed by atoms with Crippen LogP contribution < -0.4 is 0 Å². The molecule has 0 aliphatic carbocycles. The maximum absolute atomic E-state index is 12.7. The third-order valence-electron chi connectivity index (χ3n) is 2.50. The maximum Gasteiger partial charge on any atom is 0.451 e. The van der Waals surface area contributed by atoms with Crippen molar-refractivity contribution in [2.75, 3.05) is 0 Å². The molecule has 0 saturated carbocycles. The van der Waals surface area contributed by atoms with Crippen LogP contribution in [-0.2, 0) is 19.0 Å². The minimum atomic E-state index is -4.67. The van der Waals surface area contributed by atoms with E-state index in [9.17, 15) is 13.2 Å². The summed E-state index contributed by atoms with van der Waals surface area (Å²) < 4.78 is 39.3. The van der Waals surface area contributed by atoms with Crippen LogP contribution in [0.5, 0.6) is 0 Å². The van der Waals surface area contributed by atoms with E-state index < -0.39 is 12.0 Å². The Labute approximate surface area is 117 Å². The van der Waals surface area contributed by atoms with Gasteiger partial charge in [-0.1, -0.05) is 25.4 Å². The van der Waals surface area contributed by atoms with E-state index in [1.165, 1.54) is 10.7 Å². The molecule has 108 valence electrons. The molecule has 0 radical (unpaired) electrons. The van der Waals surface area contributed by atoms with E-state index in [4.69, 9.17) is 11.6 Å². The zero-order chi connectivity index (χ0) is 14.9. The van der Waals surface area contributed by atoms with E-state index in [0.717, 1.165) is 0 Å². The first-order chi connectivity index (χ1) is 9.35. The van der Waals surface area contributed by atoms with E-state index in [0.29, 0.717) is 24.5 Å². The molecule has 0 atom stereocenters. The second kappa shape index (κ2) is 5.35. The second-order valence-electron chi connectivity index (χ2n) is 3.93. The van der Waals surface area contributed by atoms with Gasteiger partial charge < -0.3 is 0 Å². The molecule has 0 aliphatic rings. The van der Waals surface area contributed by atoms with Gasteiger partial charge in [-0.2, -0.15) is 17.9 Å². The minimum Gasteiger partial charge on any atom is -0.216 e. The Morgan fingerprint density at radius 3 is 2.40 bits per heavy atom. The van der Waals surface area contributed by atoms with Crippen molar-refractivity contribution in [1.29, 1.82) is 0 Å². The van der Waals surface area contributed by atoms with Gasteiger partial charge in [-0.3, -0.25) is 0 Å². The quantitative estimate of drug-likeness (QED) is 0.818. The largest absolute Gasteiger partial charge is 0.451 e. The van der Waals surface area contributed by atoms with E-state index in [-0.39, 0.29) is 11.0 Å². The molecular weight excluding hydrogens is 295 g/mol. The Bertz CT molecular complexity index is 623. The van der Waals surface area contributed by atoms with Gasteiger partial charge in [0.2, 0.25) is 5.82 Å². The van der Waals surface area contributed by atoms with Gasteiger partial charge in [0.05, 0.1) is 0 Å². The predicted molar refractivity (Wildman–Crippen MR) is 65.7 cm³/mol. The lowest BCUT2D eigenvalue weighted by molar-refractivity contribution is -0.145. The number of nitrogens with zero attached hydrogens (tertiary/aromatic N) is 5. The Kier molecular flexibility index (Phi) is 3.94. The third kappa shape index (κ3) is 2.90. The fourth-order valence-corrected chi connectivity index (χ4v) is 1.77. The molecule has 20 heavy (non-hydrogen) atoms. The molecule has 0 saturated heterocycles. The van der Waals surface area contributed by atoms with Crippen molar-refractivity contribution in [1.82, 2.24) is 24.7 Å². The third-order valence-corrected chi connectivity index (χ3v) is 2.70. The molecule has 9 heteroatoms. The van der Waals surface area contributed by atoms with Crippen LogP contribution in [0.3, 0.4) is 0 Å². The van der Waals surface area contributed by atoms with Crippen molar-refractivity contribution >= 4 is 11.6 Å². The van der Waals surface area contributed by atoms with Gasteiger partial charge >= 0.3 is 6.18 Å². The zero-order valence-corrected chi connectivity index (χ0v) is 11.5. The Morgan fingerprint density at radius 1 is 1.15 bits per heavy atom. The summed E-state index contributed by atoms with van der Waals surface area (Å²) in [5, 5.41) is 3.83. The molecule has 5 nitrogen and oxygen atoms in total. The first kappa shape index (κ1) is 14.7. The summed E-state index contributed by atoms with van der Waals surface area (Å²) in [6.07, 6.45) is -3.58. The molecule has 0 fully saturated rings. The Balaban J connectivity index is 2.58. The summed E-state index contributed by atoms with van der Waals surface area (Å²) in [5.74, 6) is -0.285. The van der Waals surface area contributed by atoms with Gasteiger partial charge in [0.25, 0.3) is 0 Å². The van der Waals surface area contributed by atoms with Crippen LogP contribution in [0.2, 0.25) is 5.15 Å². The lowest BCUT2D eigenvalue weighted by Gasteiger charge is -2.08. The number of hydrogen-bond acceptors (Lipinski definition) is 4. The van der Waals surface area contributed by atoms with E-state index >= 15 is 0 Å². The summed E-state index contributed by atoms with van der Waals surface area (Å²) >= 11 is 5.63. The molecule has 0 aliphatic heterocycles. The molecule has 0 unspecified atom stereocenters. The molecule has 0 spiro atoms. The molecule has 2 rings (SSSR count). The molecule has 2 aromatic rings. The van der Waals surface area contributed by atoms with Crippen LogP contribution in [0.4, 0.5) is 13.2 Å². The van der Waals surface area contributed by atoms with Crippen LogP contribution in [-0.4, -0.2) is 24.7 Å². The number of hydrogen-bond donors (Lipinski definition) is 0. The predicted octanol–water partition coefficient (Wildman–Crippen LogP) is 2.85. The minimum absolute atomic E-state index is 0.0404. The Morgan fingerprint density at radius 2 is 1.85 bits per heavy atom. The monoisotopic (exact) mass is 305 g/mol. The van der Waals surface area contributed by atoms with Crippen LogP contribution in [0.15, 0.2) is 6.07 Å². The number of rotatable bonds is 3. The molecule has 2 heterocycles. The summed E-state index contributed by atoms with van der Waals surface area (Å²) in [7, 11) is 0. The van der Waals surface area contributed by atoms with Crippen LogP contribution >= 0.6 is 11.6 Å². The van der Waals surface area contributed by atoms with E-state index in [1.54, 1.807) is 0 Å². The van der Waals surface area contributed by atoms with Crippen molar-refractivity contribution in [3.8, 4) is 5.82 Å². The first-order valence-corrected chi connectivity index (χ1v) is 6.30. The summed E-state index contributed by atoms with van der Waals surface area (Å²) in [4.78, 5) is 10.9. The number of alkyl halides is 3. The molecular formula is C11H11ClF3N5. The molecule has 0 N–H and O–H groups in total. The normalized spacial score (nSPS) is 11.9. The standard InChI is InChI=1S/C11H11ClF3N5/c1-3-7-17-8(4-2)20(19-7)9-5-6(12)16-10(18-9)11(13,14)15/h5H,3-4H2,1-2H3. The lowest BCUT2D eigenvalue weighted by Crippen LogP contribution is -2.14. The van der Waals surface area contributed by atoms with E-state index in [2.05, 4.69) is 20.1 Å². The van der Waals surface area contributed by atoms with Crippen molar-refractivity contribution in [2.45, 2.75) is 32.9 Å². The molecule has 2 aromatic heterocycles. The smallest absolute Gasteiger partial charge is 0.216 e. The molecule has 0 bridgehead atoms. The first-order valence-electron chi connectivity index (χ1n) is 5.92. The fraction of sp³-hybridized carbons (Fsp3) is 0.455. The second-order valence-corrected chi connectivity index (χ2v) is 4.32. The van der Waals surface area contributed by atoms with Crippen molar-refractivity contribution in [3.05, 3.63) is 28.7 Å². The number of aromatic nitrogens is 5. The number of halogens is 4. The topological polar surface area (TPSA) is 56.5 Å². The van der Waals surface area contributed by atoms with Crippen LogP contribution in [0.25, 0.3) is 5.82 Å². The number of aryl methyl sites for hydroxylation is 2. The summed E-state index contributed by atoms with van der Waals surface area (Å²) in [6, 6.07) is 1.23. The fourth-order valence-electron chi connectivity index (χ4n) is 1.59. The van der Waals surface area contributed by atoms with Gasteiger partial charge in [-0.05, 0) is 0 Å². The van der Waals surface area contributed by atoms with Gasteiger partial charge in [0, 0.05) is 18.9 Å². The molecule has 0 aromatic carbocycles. The average Bonchev–Trinajstić information content (AvgIpc) is 2.80. The lowest BCUT2D eigenvalue weighted by atomic mass is 10.4. The van der Waals surface area contributed by atoms with Gasteiger partial charge in [-0.25, -0.2) is 15.0 Å². The highest BCUT2D eigenvalue weighted by molar-refractivity contribution is 6.29. The Hall–Kier alpha value is -1.70. The van der Waals surface area contributed by atoms with Gasteiger partial charge in [-0.15, -0.1) is 5.10 Å². The summed E-state index contributed by atoms with van der Waals surface area (Å²) in [5.41, 5.74) is 0. The zero-order valence-electron chi connectivity index (χ0n) is 10.7. The highest BCUT2D eigenvalue weighted by atomic mass is 35.5. The highest BCUT2D eigenvalue weighted by Crippen LogP contribution is 2.28. The van der Waals surface area contributed by atoms with Crippen molar-refractivity contribution in [2.24, 2.45) is 0 Å². The van der Waals surface area contributed by atoms with Crippen LogP contribution in [0.1, 0.15) is 31.3 Å². The summed E-state index contributed by atoms with van der Waals surface area (Å²) in [6.45, 7) is 3.68. The molecule has 0 amide bonds. The average molecular weight is 306 g/mol. The van der Waals surface area contributed by atoms with E-state index in [1.807, 2.05) is 13.8 Å². The maximum atomic E-state index is 12.7. The van der Waals surface area contributed by atoms with Crippen molar-refractivity contribution < 1.29 is 13.2 Å². The highest BCUT2D eigenvalue weighted by Gasteiger charge is 2.35. The van der Waals surface area contributed by atoms with Crippen LogP contribution in [0, 0.1) is 0 Å². The van der Waals surface area contributed by atoms with Gasteiger partial charge in [0.15, 0.2) is 11.6 Å². The van der Waals surface area contributed by atoms with Crippen molar-refractivity contribution in [3.63, 3.8) is 0 Å². The SMILES string of the molecule is CCc1nc(CC)n(-c2cc(Cl)nc(C(F)(F)F)n2)n1.